The van der Waals surface area contributed by atoms with Crippen LogP contribution in [0.2, 0.25) is 0 Å². The zero-order chi connectivity index (χ0) is 16.5. The first kappa shape index (κ1) is 17.7. The summed E-state index contributed by atoms with van der Waals surface area (Å²) in [5.41, 5.74) is 0. The molecule has 0 atom stereocenters. The number of likely N-dealkylation sites (tertiary alicyclic amines) is 1. The highest BCUT2D eigenvalue weighted by Gasteiger charge is 2.19. The minimum atomic E-state index is 0.505. The Bertz CT molecular complexity index is 475. The zero-order valence-electron chi connectivity index (χ0n) is 14.8. The molecule has 0 unspecified atom stereocenters. The molecular formula is C16H31N7. The van der Waals surface area contributed by atoms with Gasteiger partial charge in [-0.05, 0) is 32.7 Å². The van der Waals surface area contributed by atoms with Crippen LogP contribution in [0.15, 0.2) is 11.3 Å². The van der Waals surface area contributed by atoms with Crippen LogP contribution in [0.5, 0.6) is 0 Å². The Balaban J connectivity index is 1.81. The van der Waals surface area contributed by atoms with Gasteiger partial charge in [-0.25, -0.2) is 9.98 Å². The molecule has 0 aromatic carbocycles. The molecule has 0 amide bonds. The first-order chi connectivity index (χ1) is 11.2. The normalized spacial score (nSPS) is 17.4. The summed E-state index contributed by atoms with van der Waals surface area (Å²) in [6, 6.07) is 0.505. The molecule has 7 nitrogen and oxygen atoms in total. The zero-order valence-corrected chi connectivity index (χ0v) is 14.8. The topological polar surface area (TPSA) is 70.4 Å². The van der Waals surface area contributed by atoms with Crippen molar-refractivity contribution in [3.8, 4) is 0 Å². The maximum atomic E-state index is 4.64. The third kappa shape index (κ3) is 5.82. The predicted molar refractivity (Wildman–Crippen MR) is 93.3 cm³/mol. The van der Waals surface area contributed by atoms with Gasteiger partial charge in [-0.2, -0.15) is 5.10 Å². The van der Waals surface area contributed by atoms with Crippen molar-refractivity contribution in [1.82, 2.24) is 30.3 Å². The van der Waals surface area contributed by atoms with E-state index in [1.54, 1.807) is 11.0 Å². The molecular weight excluding hydrogens is 290 g/mol. The number of aromatic nitrogens is 3. The van der Waals surface area contributed by atoms with Crippen LogP contribution >= 0.6 is 0 Å². The van der Waals surface area contributed by atoms with Gasteiger partial charge in [0, 0.05) is 32.7 Å². The van der Waals surface area contributed by atoms with Gasteiger partial charge in [-0.3, -0.25) is 4.68 Å². The Kier molecular flexibility index (Phi) is 7.32. The monoisotopic (exact) mass is 321 g/mol. The van der Waals surface area contributed by atoms with E-state index < -0.39 is 0 Å². The van der Waals surface area contributed by atoms with Crippen LogP contribution in [0.4, 0.5) is 0 Å². The molecule has 130 valence electrons. The van der Waals surface area contributed by atoms with E-state index in [2.05, 4.69) is 44.5 Å². The van der Waals surface area contributed by atoms with Crippen molar-refractivity contribution in [1.29, 1.82) is 0 Å². The summed E-state index contributed by atoms with van der Waals surface area (Å²) in [6.45, 7) is 9.35. The Morgan fingerprint density at radius 2 is 2.13 bits per heavy atom. The van der Waals surface area contributed by atoms with Crippen LogP contribution in [0.3, 0.4) is 0 Å². The number of hydrogen-bond donors (Lipinski definition) is 2. The SMILES string of the molecule is CCCCN1CCC(NC(=NCc2ncnn2C)NCC)CC1. The van der Waals surface area contributed by atoms with E-state index in [-0.39, 0.29) is 0 Å². The number of piperidine rings is 1. The summed E-state index contributed by atoms with van der Waals surface area (Å²) in [7, 11) is 1.89. The lowest BCUT2D eigenvalue weighted by Crippen LogP contribution is -2.48. The lowest BCUT2D eigenvalue weighted by atomic mass is 10.0. The van der Waals surface area contributed by atoms with Gasteiger partial charge in [0.2, 0.25) is 0 Å². The number of nitrogens with one attached hydrogen (secondary N) is 2. The number of nitrogens with zero attached hydrogens (tertiary/aromatic N) is 5. The molecule has 2 heterocycles. The van der Waals surface area contributed by atoms with Crippen molar-refractivity contribution >= 4 is 5.96 Å². The fourth-order valence-corrected chi connectivity index (χ4v) is 2.81. The molecule has 0 radical (unpaired) electrons. The molecule has 2 rings (SSSR count). The Morgan fingerprint density at radius 1 is 1.35 bits per heavy atom. The van der Waals surface area contributed by atoms with Crippen LogP contribution < -0.4 is 10.6 Å². The van der Waals surface area contributed by atoms with Crippen molar-refractivity contribution in [2.45, 2.75) is 52.1 Å². The smallest absolute Gasteiger partial charge is 0.191 e. The number of aryl methyl sites for hydroxylation is 1. The highest BCUT2D eigenvalue weighted by Crippen LogP contribution is 2.11. The van der Waals surface area contributed by atoms with Gasteiger partial charge < -0.3 is 15.5 Å². The third-order valence-electron chi connectivity index (χ3n) is 4.28. The van der Waals surface area contributed by atoms with Crippen molar-refractivity contribution < 1.29 is 0 Å². The van der Waals surface area contributed by atoms with Crippen LogP contribution in [0, 0.1) is 0 Å². The lowest BCUT2D eigenvalue weighted by molar-refractivity contribution is 0.203. The van der Waals surface area contributed by atoms with E-state index in [9.17, 15) is 0 Å². The van der Waals surface area contributed by atoms with E-state index in [4.69, 9.17) is 0 Å². The standard InChI is InChI=1S/C16H31N7/c1-4-6-9-23-10-7-14(8-11-23)21-16(17-5-2)18-12-15-19-13-20-22(15)3/h13-14H,4-12H2,1-3H3,(H2,17,18,21). The van der Waals surface area contributed by atoms with Crippen molar-refractivity contribution in [2.24, 2.45) is 12.0 Å². The Hall–Kier alpha value is -1.63. The predicted octanol–water partition coefficient (Wildman–Crippen LogP) is 1.13. The van der Waals surface area contributed by atoms with Gasteiger partial charge in [-0.1, -0.05) is 13.3 Å². The van der Waals surface area contributed by atoms with Gasteiger partial charge in [-0.15, -0.1) is 0 Å². The van der Waals surface area contributed by atoms with Crippen LogP contribution in [0.1, 0.15) is 45.4 Å². The number of unbranched alkanes of at least 4 members (excludes halogenated alkanes) is 1. The molecule has 1 aromatic heterocycles. The molecule has 1 aliphatic heterocycles. The largest absolute Gasteiger partial charge is 0.357 e. The molecule has 1 saturated heterocycles. The molecule has 0 spiro atoms. The fraction of sp³-hybridized carbons (Fsp3) is 0.812. The summed E-state index contributed by atoms with van der Waals surface area (Å²) < 4.78 is 1.76. The van der Waals surface area contributed by atoms with E-state index in [0.29, 0.717) is 12.6 Å². The summed E-state index contributed by atoms with van der Waals surface area (Å²) in [5, 5.41) is 11.0. The van der Waals surface area contributed by atoms with Gasteiger partial charge in [0.15, 0.2) is 5.96 Å². The second-order valence-electron chi connectivity index (χ2n) is 6.11. The highest BCUT2D eigenvalue weighted by atomic mass is 15.3. The minimum absolute atomic E-state index is 0.505. The summed E-state index contributed by atoms with van der Waals surface area (Å²) >= 11 is 0. The molecule has 1 fully saturated rings. The number of guanidine groups is 1. The van der Waals surface area contributed by atoms with E-state index in [0.717, 1.165) is 18.3 Å². The molecule has 0 aliphatic carbocycles. The molecule has 2 N–H and O–H groups in total. The van der Waals surface area contributed by atoms with Gasteiger partial charge in [0.05, 0.1) is 0 Å². The molecule has 7 heteroatoms. The van der Waals surface area contributed by atoms with Gasteiger partial charge >= 0.3 is 0 Å². The number of hydrogen-bond acceptors (Lipinski definition) is 4. The average Bonchev–Trinajstić information content (AvgIpc) is 2.97. The summed E-state index contributed by atoms with van der Waals surface area (Å²) in [6.07, 6.45) is 6.50. The summed E-state index contributed by atoms with van der Waals surface area (Å²) in [5.74, 6) is 1.75. The maximum Gasteiger partial charge on any atom is 0.191 e. The van der Waals surface area contributed by atoms with E-state index in [1.165, 1.54) is 45.3 Å². The van der Waals surface area contributed by atoms with Crippen molar-refractivity contribution in [2.75, 3.05) is 26.2 Å². The van der Waals surface area contributed by atoms with E-state index >= 15 is 0 Å². The Morgan fingerprint density at radius 3 is 2.74 bits per heavy atom. The van der Waals surface area contributed by atoms with Crippen LogP contribution in [0.25, 0.3) is 0 Å². The maximum absolute atomic E-state index is 4.64. The molecule has 0 saturated carbocycles. The fourth-order valence-electron chi connectivity index (χ4n) is 2.81. The molecule has 1 aliphatic rings. The second kappa shape index (κ2) is 9.50. The number of aliphatic imine (C=N–C) groups is 1. The van der Waals surface area contributed by atoms with E-state index in [1.807, 2.05) is 7.05 Å². The van der Waals surface area contributed by atoms with Gasteiger partial charge in [0.1, 0.15) is 18.7 Å². The van der Waals surface area contributed by atoms with Crippen molar-refractivity contribution in [3.63, 3.8) is 0 Å². The van der Waals surface area contributed by atoms with Gasteiger partial charge in [0.25, 0.3) is 0 Å². The second-order valence-corrected chi connectivity index (χ2v) is 6.11. The molecule has 1 aromatic rings. The summed E-state index contributed by atoms with van der Waals surface area (Å²) in [4.78, 5) is 11.4. The first-order valence-electron chi connectivity index (χ1n) is 8.83. The Labute approximate surface area is 139 Å². The lowest BCUT2D eigenvalue weighted by Gasteiger charge is -2.33. The van der Waals surface area contributed by atoms with Crippen LogP contribution in [-0.4, -0.2) is 57.8 Å². The van der Waals surface area contributed by atoms with Crippen molar-refractivity contribution in [3.05, 3.63) is 12.2 Å². The first-order valence-corrected chi connectivity index (χ1v) is 8.83. The molecule has 0 bridgehead atoms. The molecule has 23 heavy (non-hydrogen) atoms. The van der Waals surface area contributed by atoms with Crippen LogP contribution in [-0.2, 0) is 13.6 Å². The minimum Gasteiger partial charge on any atom is -0.357 e. The highest BCUT2D eigenvalue weighted by molar-refractivity contribution is 5.80. The number of rotatable bonds is 7. The third-order valence-corrected chi connectivity index (χ3v) is 4.28. The quantitative estimate of drug-likeness (QED) is 0.582. The average molecular weight is 321 g/mol.